The van der Waals surface area contributed by atoms with E-state index in [0.29, 0.717) is 0 Å². The van der Waals surface area contributed by atoms with E-state index >= 15 is 0 Å². The van der Waals surface area contributed by atoms with Crippen molar-refractivity contribution in [1.29, 1.82) is 0 Å². The predicted molar refractivity (Wildman–Crippen MR) is 94.7 cm³/mol. The highest BCUT2D eigenvalue weighted by Crippen LogP contribution is 2.32. The van der Waals surface area contributed by atoms with E-state index < -0.39 is 0 Å². The van der Waals surface area contributed by atoms with Gasteiger partial charge in [-0.2, -0.15) is 5.10 Å². The van der Waals surface area contributed by atoms with Gasteiger partial charge in [-0.05, 0) is 49.7 Å². The molecule has 1 N–H and O–H groups in total. The third kappa shape index (κ3) is 4.66. The molecule has 1 aliphatic heterocycles. The lowest BCUT2D eigenvalue weighted by molar-refractivity contribution is 0.0907. The number of hydrogen-bond donors (Lipinski definition) is 1. The number of thiophene rings is 1. The summed E-state index contributed by atoms with van der Waals surface area (Å²) in [5, 5.41) is 10.3. The van der Waals surface area contributed by atoms with Gasteiger partial charge >= 0.3 is 0 Å². The second-order valence-corrected chi connectivity index (χ2v) is 7.39. The Kier molecular flexibility index (Phi) is 6.25. The number of hydrogen-bond acceptors (Lipinski definition) is 4. The van der Waals surface area contributed by atoms with Gasteiger partial charge < -0.3 is 10.1 Å². The van der Waals surface area contributed by atoms with Crippen molar-refractivity contribution in [1.82, 2.24) is 15.1 Å². The second kappa shape index (κ2) is 8.62. The fourth-order valence-electron chi connectivity index (χ4n) is 3.41. The molecule has 1 fully saturated rings. The number of rotatable bonds is 6. The summed E-state index contributed by atoms with van der Waals surface area (Å²) in [6, 6.07) is 6.34. The zero-order chi connectivity index (χ0) is 15.8. The van der Waals surface area contributed by atoms with Crippen LogP contribution in [-0.2, 0) is 16.8 Å². The van der Waals surface area contributed by atoms with Crippen molar-refractivity contribution >= 4 is 11.3 Å². The van der Waals surface area contributed by atoms with E-state index in [-0.39, 0.29) is 5.54 Å². The maximum absolute atomic E-state index is 5.81. The molecule has 0 aromatic carbocycles. The highest BCUT2D eigenvalue weighted by molar-refractivity contribution is 7.09. The number of aromatic nitrogens is 2. The quantitative estimate of drug-likeness (QED) is 0.817. The molecule has 0 radical (unpaired) electrons. The first-order chi connectivity index (χ1) is 11.4. The highest BCUT2D eigenvalue weighted by atomic mass is 32.1. The number of nitrogens with one attached hydrogen (secondary N) is 1. The van der Waals surface area contributed by atoms with Crippen LogP contribution in [0.3, 0.4) is 0 Å². The molecule has 0 saturated carbocycles. The molecule has 4 nitrogen and oxygen atoms in total. The minimum absolute atomic E-state index is 0.0935. The highest BCUT2D eigenvalue weighted by Gasteiger charge is 2.32. The van der Waals surface area contributed by atoms with Crippen LogP contribution < -0.4 is 5.32 Å². The maximum Gasteiger partial charge on any atom is 0.0661 e. The van der Waals surface area contributed by atoms with Gasteiger partial charge in [-0.1, -0.05) is 18.9 Å². The average molecular weight is 334 g/mol. The van der Waals surface area contributed by atoms with E-state index in [9.17, 15) is 0 Å². The molecule has 2 aromatic heterocycles. The minimum Gasteiger partial charge on any atom is -0.381 e. The van der Waals surface area contributed by atoms with Crippen molar-refractivity contribution in [3.63, 3.8) is 0 Å². The van der Waals surface area contributed by atoms with Gasteiger partial charge in [0.05, 0.1) is 5.54 Å². The zero-order valence-corrected chi connectivity index (χ0v) is 14.6. The summed E-state index contributed by atoms with van der Waals surface area (Å²) in [6.07, 6.45) is 11.1. The Morgan fingerprint density at radius 2 is 2.22 bits per heavy atom. The Hall–Kier alpha value is -1.17. The lowest BCUT2D eigenvalue weighted by atomic mass is 9.86. The SMILES string of the molecule is c1csc(CNCCC2(n3cccn3)CCCCCOCC2)c1. The van der Waals surface area contributed by atoms with E-state index in [0.717, 1.165) is 39.1 Å². The molecule has 3 heterocycles. The lowest BCUT2D eigenvalue weighted by Gasteiger charge is -2.34. The van der Waals surface area contributed by atoms with Crippen LogP contribution in [-0.4, -0.2) is 29.5 Å². The summed E-state index contributed by atoms with van der Waals surface area (Å²) in [4.78, 5) is 1.40. The molecule has 1 saturated heterocycles. The molecule has 23 heavy (non-hydrogen) atoms. The first-order valence-electron chi connectivity index (χ1n) is 8.70. The topological polar surface area (TPSA) is 39.1 Å². The normalized spacial score (nSPS) is 23.1. The molecule has 0 aliphatic carbocycles. The Labute approximate surface area is 142 Å². The Morgan fingerprint density at radius 1 is 1.22 bits per heavy atom. The summed E-state index contributed by atoms with van der Waals surface area (Å²) in [6.45, 7) is 3.72. The Morgan fingerprint density at radius 3 is 3.04 bits per heavy atom. The van der Waals surface area contributed by atoms with Crippen molar-refractivity contribution in [2.45, 2.75) is 50.6 Å². The minimum atomic E-state index is 0.0935. The van der Waals surface area contributed by atoms with Gasteiger partial charge in [-0.15, -0.1) is 11.3 Å². The van der Waals surface area contributed by atoms with E-state index in [1.165, 1.54) is 30.6 Å². The van der Waals surface area contributed by atoms with Crippen LogP contribution >= 0.6 is 11.3 Å². The molecule has 1 aliphatic rings. The van der Waals surface area contributed by atoms with Crippen molar-refractivity contribution in [3.05, 3.63) is 40.8 Å². The molecule has 5 heteroatoms. The van der Waals surface area contributed by atoms with Crippen LogP contribution in [0.25, 0.3) is 0 Å². The van der Waals surface area contributed by atoms with Gasteiger partial charge in [0.15, 0.2) is 0 Å². The molecule has 2 aromatic rings. The second-order valence-electron chi connectivity index (χ2n) is 6.35. The van der Waals surface area contributed by atoms with Crippen molar-refractivity contribution in [2.24, 2.45) is 0 Å². The molecule has 1 unspecified atom stereocenters. The molecule has 126 valence electrons. The first kappa shape index (κ1) is 16.7. The van der Waals surface area contributed by atoms with Crippen LogP contribution in [0, 0.1) is 0 Å². The summed E-state index contributed by atoms with van der Waals surface area (Å²) in [7, 11) is 0. The predicted octanol–water partition coefficient (Wildman–Crippen LogP) is 3.80. The first-order valence-corrected chi connectivity index (χ1v) is 9.58. The molecule has 1 atom stereocenters. The smallest absolute Gasteiger partial charge is 0.0661 e. The molecule has 0 amide bonds. The summed E-state index contributed by atoms with van der Waals surface area (Å²) in [5.74, 6) is 0. The summed E-state index contributed by atoms with van der Waals surface area (Å²) >= 11 is 1.81. The van der Waals surface area contributed by atoms with Crippen LogP contribution in [0.2, 0.25) is 0 Å². The third-order valence-electron chi connectivity index (χ3n) is 4.78. The van der Waals surface area contributed by atoms with E-state index in [4.69, 9.17) is 4.74 Å². The third-order valence-corrected chi connectivity index (χ3v) is 5.66. The lowest BCUT2D eigenvalue weighted by Crippen LogP contribution is -2.38. The number of nitrogens with zero attached hydrogens (tertiary/aromatic N) is 2. The standard InChI is InChI=1S/C18H27N3OS/c1-2-7-18(9-14-22-13-3-1,21-12-5-10-20-21)8-11-19-16-17-6-4-15-23-17/h4-6,10,12,15,19H,1-3,7-9,11,13-14,16H2. The van der Waals surface area contributed by atoms with Crippen molar-refractivity contribution in [2.75, 3.05) is 19.8 Å². The average Bonchev–Trinajstić information content (AvgIpc) is 3.26. The maximum atomic E-state index is 5.81. The zero-order valence-electron chi connectivity index (χ0n) is 13.7. The van der Waals surface area contributed by atoms with Gasteiger partial charge in [-0.3, -0.25) is 4.68 Å². The summed E-state index contributed by atoms with van der Waals surface area (Å²) < 4.78 is 8.00. The van der Waals surface area contributed by atoms with Gasteiger partial charge in [-0.25, -0.2) is 0 Å². The van der Waals surface area contributed by atoms with E-state index in [2.05, 4.69) is 38.8 Å². The van der Waals surface area contributed by atoms with Gasteiger partial charge in [0, 0.05) is 37.0 Å². The molecule has 0 bridgehead atoms. The van der Waals surface area contributed by atoms with Crippen LogP contribution in [0.1, 0.15) is 43.4 Å². The fourth-order valence-corrected chi connectivity index (χ4v) is 4.09. The van der Waals surface area contributed by atoms with Crippen LogP contribution in [0.15, 0.2) is 36.0 Å². The Balaban J connectivity index is 1.62. The molecule has 3 rings (SSSR count). The van der Waals surface area contributed by atoms with Crippen molar-refractivity contribution in [3.8, 4) is 0 Å². The van der Waals surface area contributed by atoms with Crippen LogP contribution in [0.5, 0.6) is 0 Å². The largest absolute Gasteiger partial charge is 0.381 e. The van der Waals surface area contributed by atoms with E-state index in [1.54, 1.807) is 0 Å². The molecule has 0 spiro atoms. The van der Waals surface area contributed by atoms with Gasteiger partial charge in [0.1, 0.15) is 0 Å². The fraction of sp³-hybridized carbons (Fsp3) is 0.611. The molecular weight excluding hydrogens is 306 g/mol. The Bertz CT molecular complexity index is 529. The summed E-state index contributed by atoms with van der Waals surface area (Å²) in [5.41, 5.74) is 0.0935. The van der Waals surface area contributed by atoms with Gasteiger partial charge in [0.25, 0.3) is 0 Å². The number of ether oxygens (including phenoxy) is 1. The van der Waals surface area contributed by atoms with E-state index in [1.807, 2.05) is 23.6 Å². The van der Waals surface area contributed by atoms with Crippen LogP contribution in [0.4, 0.5) is 0 Å². The van der Waals surface area contributed by atoms with Gasteiger partial charge in [0.2, 0.25) is 0 Å². The monoisotopic (exact) mass is 333 g/mol. The van der Waals surface area contributed by atoms with Crippen molar-refractivity contribution < 1.29 is 4.74 Å². The molecular formula is C18H27N3OS.